The maximum Gasteiger partial charge on any atom is 0.252 e. The van der Waals surface area contributed by atoms with Crippen LogP contribution in [0.4, 0.5) is 0 Å². The molecule has 0 bridgehead atoms. The molecule has 0 atom stereocenters. The van der Waals surface area contributed by atoms with E-state index in [4.69, 9.17) is 0 Å². The molecule has 15 heavy (non-hydrogen) atoms. The second-order valence-electron chi connectivity index (χ2n) is 3.20. The predicted molar refractivity (Wildman–Crippen MR) is 53.8 cm³/mol. The molecule has 0 amide bonds. The van der Waals surface area contributed by atoms with Gasteiger partial charge in [0, 0.05) is 12.4 Å². The van der Waals surface area contributed by atoms with E-state index in [9.17, 15) is 4.79 Å². The molecule has 0 aliphatic rings. The van der Waals surface area contributed by atoms with E-state index in [0.717, 1.165) is 0 Å². The molecule has 6 nitrogen and oxygen atoms in total. The Kier molecular flexibility index (Phi) is 2.42. The smallest absolute Gasteiger partial charge is 0.252 e. The zero-order valence-electron chi connectivity index (χ0n) is 8.56. The van der Waals surface area contributed by atoms with Crippen molar-refractivity contribution in [3.05, 3.63) is 23.8 Å². The molecule has 0 spiro atoms. The molecule has 2 rings (SSSR count). The highest BCUT2D eigenvalue weighted by Crippen LogP contribution is 2.01. The van der Waals surface area contributed by atoms with Gasteiger partial charge in [0.25, 0.3) is 5.78 Å². The van der Waals surface area contributed by atoms with Gasteiger partial charge in [0.2, 0.25) is 0 Å². The average Bonchev–Trinajstić information content (AvgIpc) is 2.57. The van der Waals surface area contributed by atoms with Gasteiger partial charge in [0.15, 0.2) is 5.78 Å². The van der Waals surface area contributed by atoms with Gasteiger partial charge in [-0.1, -0.05) is 0 Å². The number of likely N-dealkylation sites (N-methyl/N-ethyl adjacent to an activating group) is 1. The monoisotopic (exact) mass is 205 g/mol. The molecule has 2 aromatic heterocycles. The number of carbonyl (C=O) groups is 1. The molecule has 0 unspecified atom stereocenters. The lowest BCUT2D eigenvalue weighted by Crippen LogP contribution is -2.19. The van der Waals surface area contributed by atoms with Crippen LogP contribution < -0.4 is 5.32 Å². The molecule has 0 fully saturated rings. The van der Waals surface area contributed by atoms with Crippen LogP contribution in [0.25, 0.3) is 5.78 Å². The van der Waals surface area contributed by atoms with Gasteiger partial charge in [-0.05, 0) is 14.0 Å². The first kappa shape index (κ1) is 9.72. The predicted octanol–water partition coefficient (Wildman–Crippen LogP) is -0.165. The zero-order chi connectivity index (χ0) is 10.8. The quantitative estimate of drug-likeness (QED) is 0.704. The summed E-state index contributed by atoms with van der Waals surface area (Å²) in [5.74, 6) is 1.13. The number of rotatable bonds is 3. The lowest BCUT2D eigenvalue weighted by Gasteiger charge is -1.99. The number of nitrogens with one attached hydrogen (secondary N) is 1. The lowest BCUT2D eigenvalue weighted by molar-refractivity contribution is 0.0992. The zero-order valence-corrected chi connectivity index (χ0v) is 8.56. The third kappa shape index (κ3) is 1.84. The van der Waals surface area contributed by atoms with E-state index in [1.807, 2.05) is 0 Å². The number of aryl methyl sites for hydroxylation is 1. The van der Waals surface area contributed by atoms with Crippen LogP contribution in [0.1, 0.15) is 16.2 Å². The van der Waals surface area contributed by atoms with Crippen molar-refractivity contribution in [3.63, 3.8) is 0 Å². The molecular formula is C9H11N5O. The highest BCUT2D eigenvalue weighted by atomic mass is 16.1. The number of nitrogens with zero attached hydrogens (tertiary/aromatic N) is 4. The summed E-state index contributed by atoms with van der Waals surface area (Å²) in [7, 11) is 1.73. The van der Waals surface area contributed by atoms with Crippen molar-refractivity contribution in [1.82, 2.24) is 24.9 Å². The van der Waals surface area contributed by atoms with Gasteiger partial charge in [-0.2, -0.15) is 10.1 Å². The normalized spacial score (nSPS) is 10.8. The average molecular weight is 205 g/mol. The fraction of sp³-hybridized carbons (Fsp3) is 0.333. The van der Waals surface area contributed by atoms with Gasteiger partial charge in [-0.25, -0.2) is 9.50 Å². The summed E-state index contributed by atoms with van der Waals surface area (Å²) >= 11 is 0. The van der Waals surface area contributed by atoms with Crippen LogP contribution in [-0.2, 0) is 0 Å². The first-order valence-electron chi connectivity index (χ1n) is 4.57. The number of fused-ring (bicyclic) bond motifs is 1. The highest BCUT2D eigenvalue weighted by Gasteiger charge is 2.07. The Morgan fingerprint density at radius 1 is 1.60 bits per heavy atom. The van der Waals surface area contributed by atoms with Crippen molar-refractivity contribution in [2.75, 3.05) is 13.6 Å². The fourth-order valence-electron chi connectivity index (χ4n) is 1.29. The van der Waals surface area contributed by atoms with Gasteiger partial charge in [0.05, 0.1) is 12.1 Å². The Morgan fingerprint density at radius 2 is 2.40 bits per heavy atom. The summed E-state index contributed by atoms with van der Waals surface area (Å²) in [5.41, 5.74) is 0.529. The van der Waals surface area contributed by atoms with E-state index in [2.05, 4.69) is 20.4 Å². The van der Waals surface area contributed by atoms with Crippen molar-refractivity contribution in [1.29, 1.82) is 0 Å². The number of hydrogen-bond donors (Lipinski definition) is 1. The summed E-state index contributed by atoms with van der Waals surface area (Å²) in [4.78, 5) is 19.7. The molecule has 78 valence electrons. The number of Topliss-reactive ketones (excluding diaryl/α,β-unsaturated/α-hetero) is 1. The van der Waals surface area contributed by atoms with Gasteiger partial charge in [-0.15, -0.1) is 0 Å². The Morgan fingerprint density at radius 3 is 3.13 bits per heavy atom. The molecule has 0 saturated heterocycles. The SMILES string of the molecule is CNCC(=O)c1cnc2nc(C)nn2c1. The van der Waals surface area contributed by atoms with E-state index in [1.54, 1.807) is 20.2 Å². The maximum absolute atomic E-state index is 11.5. The standard InChI is InChI=1S/C9H11N5O/c1-6-12-9-11-3-7(5-14(9)13-6)8(15)4-10-2/h3,5,10H,4H2,1-2H3. The van der Waals surface area contributed by atoms with Gasteiger partial charge in [-0.3, -0.25) is 4.79 Å². The van der Waals surface area contributed by atoms with Crippen LogP contribution in [0.5, 0.6) is 0 Å². The second-order valence-corrected chi connectivity index (χ2v) is 3.20. The molecule has 0 aliphatic carbocycles. The van der Waals surface area contributed by atoms with E-state index in [0.29, 0.717) is 23.7 Å². The lowest BCUT2D eigenvalue weighted by atomic mass is 10.2. The van der Waals surface area contributed by atoms with Crippen molar-refractivity contribution < 1.29 is 4.79 Å². The molecule has 0 aromatic carbocycles. The van der Waals surface area contributed by atoms with Crippen molar-refractivity contribution in [2.24, 2.45) is 0 Å². The minimum Gasteiger partial charge on any atom is -0.313 e. The van der Waals surface area contributed by atoms with Crippen LogP contribution in [-0.4, -0.2) is 39.0 Å². The van der Waals surface area contributed by atoms with Crippen LogP contribution in [0.15, 0.2) is 12.4 Å². The van der Waals surface area contributed by atoms with Crippen LogP contribution in [0, 0.1) is 6.92 Å². The molecule has 1 N–H and O–H groups in total. The third-order valence-corrected chi connectivity index (χ3v) is 1.96. The number of carbonyl (C=O) groups excluding carboxylic acids is 1. The summed E-state index contributed by atoms with van der Waals surface area (Å²) in [6.45, 7) is 2.07. The summed E-state index contributed by atoms with van der Waals surface area (Å²) < 4.78 is 1.51. The fourth-order valence-corrected chi connectivity index (χ4v) is 1.29. The summed E-state index contributed by atoms with van der Waals surface area (Å²) in [6.07, 6.45) is 3.16. The Labute approximate surface area is 86.3 Å². The highest BCUT2D eigenvalue weighted by molar-refractivity contribution is 5.97. The van der Waals surface area contributed by atoms with Gasteiger partial charge in [0.1, 0.15) is 5.82 Å². The van der Waals surface area contributed by atoms with Gasteiger partial charge >= 0.3 is 0 Å². The number of ketones is 1. The first-order valence-corrected chi connectivity index (χ1v) is 4.57. The molecular weight excluding hydrogens is 194 g/mol. The van der Waals surface area contributed by atoms with Crippen LogP contribution in [0.3, 0.4) is 0 Å². The minimum absolute atomic E-state index is 0.0138. The molecule has 6 heteroatoms. The number of aromatic nitrogens is 4. The van der Waals surface area contributed by atoms with Crippen LogP contribution >= 0.6 is 0 Å². The largest absolute Gasteiger partial charge is 0.313 e. The first-order chi connectivity index (χ1) is 7.20. The number of hydrogen-bond acceptors (Lipinski definition) is 5. The van der Waals surface area contributed by atoms with Crippen molar-refractivity contribution in [2.45, 2.75) is 6.92 Å². The van der Waals surface area contributed by atoms with Gasteiger partial charge < -0.3 is 5.32 Å². The molecule has 2 heterocycles. The molecule has 0 saturated carbocycles. The summed E-state index contributed by atoms with van der Waals surface area (Å²) in [6, 6.07) is 0. The van der Waals surface area contributed by atoms with E-state index in [-0.39, 0.29) is 5.78 Å². The van der Waals surface area contributed by atoms with E-state index >= 15 is 0 Å². The third-order valence-electron chi connectivity index (χ3n) is 1.96. The minimum atomic E-state index is -0.0138. The maximum atomic E-state index is 11.5. The van der Waals surface area contributed by atoms with E-state index < -0.39 is 0 Å². The van der Waals surface area contributed by atoms with Crippen molar-refractivity contribution in [3.8, 4) is 0 Å². The van der Waals surface area contributed by atoms with Crippen molar-refractivity contribution >= 4 is 11.6 Å². The van der Waals surface area contributed by atoms with Crippen LogP contribution in [0.2, 0.25) is 0 Å². The summed E-state index contributed by atoms with van der Waals surface area (Å²) in [5, 5.41) is 6.88. The Bertz CT molecular complexity index is 504. The second kappa shape index (κ2) is 3.74. The Balaban J connectivity index is 2.41. The molecule has 2 aromatic rings. The molecule has 0 aliphatic heterocycles. The Hall–Kier alpha value is -1.82. The molecule has 0 radical (unpaired) electrons. The topological polar surface area (TPSA) is 72.2 Å². The van der Waals surface area contributed by atoms with E-state index in [1.165, 1.54) is 10.7 Å².